The Morgan fingerprint density at radius 1 is 1.33 bits per heavy atom. The molecule has 0 fully saturated rings. The summed E-state index contributed by atoms with van der Waals surface area (Å²) >= 11 is 1.38. The third-order valence-corrected chi connectivity index (χ3v) is 3.41. The highest BCUT2D eigenvalue weighted by atomic mass is 32.1. The van der Waals surface area contributed by atoms with Crippen LogP contribution in [0.15, 0.2) is 29.6 Å². The van der Waals surface area contributed by atoms with Crippen LogP contribution in [-0.4, -0.2) is 16.7 Å². The van der Waals surface area contributed by atoms with Crippen LogP contribution < -0.4 is 10.1 Å². The maximum Gasteiger partial charge on any atom is 0.118 e. The first kappa shape index (κ1) is 13.0. The zero-order valence-corrected chi connectivity index (χ0v) is 11.4. The predicted molar refractivity (Wildman–Crippen MR) is 72.8 cm³/mol. The van der Waals surface area contributed by atoms with Crippen molar-refractivity contribution in [1.82, 2.24) is 14.9 Å². The summed E-state index contributed by atoms with van der Waals surface area (Å²) in [6.07, 6.45) is 1.03. The Kier molecular flexibility index (Phi) is 4.66. The van der Waals surface area contributed by atoms with E-state index in [-0.39, 0.29) is 0 Å². The largest absolute Gasteiger partial charge is 0.497 e. The number of ether oxygens (including phenoxy) is 1. The molecule has 4 nitrogen and oxygen atoms in total. The minimum absolute atomic E-state index is 0.331. The van der Waals surface area contributed by atoms with Crippen molar-refractivity contribution < 1.29 is 4.74 Å². The van der Waals surface area contributed by atoms with Crippen molar-refractivity contribution in [3.8, 4) is 5.75 Å². The van der Waals surface area contributed by atoms with Gasteiger partial charge < -0.3 is 10.1 Å². The number of benzene rings is 1. The van der Waals surface area contributed by atoms with Gasteiger partial charge in [0.25, 0.3) is 0 Å². The molecule has 0 bridgehead atoms. The van der Waals surface area contributed by atoms with Crippen molar-refractivity contribution in [2.45, 2.75) is 25.9 Å². The first-order valence-electron chi connectivity index (χ1n) is 5.96. The summed E-state index contributed by atoms with van der Waals surface area (Å²) < 4.78 is 9.02. The smallest absolute Gasteiger partial charge is 0.118 e. The summed E-state index contributed by atoms with van der Waals surface area (Å²) in [6.45, 7) is 2.92. The van der Waals surface area contributed by atoms with Gasteiger partial charge >= 0.3 is 0 Å². The van der Waals surface area contributed by atoms with Gasteiger partial charge in [0.05, 0.1) is 12.8 Å². The van der Waals surface area contributed by atoms with Gasteiger partial charge in [0.1, 0.15) is 5.75 Å². The van der Waals surface area contributed by atoms with Crippen LogP contribution in [-0.2, 0) is 6.54 Å². The zero-order chi connectivity index (χ0) is 12.8. The third kappa shape index (κ3) is 3.27. The summed E-state index contributed by atoms with van der Waals surface area (Å²) in [5.41, 5.74) is 2.26. The molecule has 0 amide bonds. The molecule has 0 saturated heterocycles. The maximum absolute atomic E-state index is 5.16. The van der Waals surface area contributed by atoms with Gasteiger partial charge in [-0.1, -0.05) is 23.5 Å². The molecule has 0 aliphatic rings. The molecule has 1 heterocycles. The van der Waals surface area contributed by atoms with Gasteiger partial charge in [-0.3, -0.25) is 0 Å². The van der Waals surface area contributed by atoms with E-state index in [9.17, 15) is 0 Å². The van der Waals surface area contributed by atoms with E-state index in [1.165, 1.54) is 17.1 Å². The van der Waals surface area contributed by atoms with E-state index in [1.54, 1.807) is 7.11 Å². The van der Waals surface area contributed by atoms with E-state index < -0.39 is 0 Å². The van der Waals surface area contributed by atoms with Crippen LogP contribution in [0, 0.1) is 0 Å². The Morgan fingerprint density at radius 3 is 2.67 bits per heavy atom. The van der Waals surface area contributed by atoms with Crippen LogP contribution in [0.1, 0.15) is 30.6 Å². The van der Waals surface area contributed by atoms with Gasteiger partial charge in [-0.2, -0.15) is 0 Å². The summed E-state index contributed by atoms with van der Waals surface area (Å²) in [5.74, 6) is 0.886. The summed E-state index contributed by atoms with van der Waals surface area (Å²) in [7, 11) is 1.68. The molecular weight excluding hydrogens is 246 g/mol. The first-order valence-corrected chi connectivity index (χ1v) is 6.80. The monoisotopic (exact) mass is 263 g/mol. The molecule has 1 atom stereocenters. The lowest BCUT2D eigenvalue weighted by atomic mass is 10.0. The second-order valence-electron chi connectivity index (χ2n) is 4.01. The summed E-state index contributed by atoms with van der Waals surface area (Å²) in [4.78, 5) is 0. The summed E-state index contributed by atoms with van der Waals surface area (Å²) in [6, 6.07) is 8.50. The van der Waals surface area contributed by atoms with E-state index in [1.807, 2.05) is 17.5 Å². The highest BCUT2D eigenvalue weighted by molar-refractivity contribution is 7.03. The molecule has 5 heteroatoms. The van der Waals surface area contributed by atoms with Crippen molar-refractivity contribution in [3.63, 3.8) is 0 Å². The molecule has 0 spiro atoms. The topological polar surface area (TPSA) is 47.0 Å². The van der Waals surface area contributed by atoms with Crippen molar-refractivity contribution in [1.29, 1.82) is 0 Å². The van der Waals surface area contributed by atoms with Gasteiger partial charge in [-0.15, -0.1) is 5.10 Å². The number of rotatable bonds is 6. The molecule has 96 valence electrons. The van der Waals surface area contributed by atoms with E-state index in [0.29, 0.717) is 6.04 Å². The average Bonchev–Trinajstić information content (AvgIpc) is 2.93. The minimum atomic E-state index is 0.331. The second kappa shape index (κ2) is 6.47. The van der Waals surface area contributed by atoms with E-state index >= 15 is 0 Å². The van der Waals surface area contributed by atoms with Crippen LogP contribution in [0.4, 0.5) is 0 Å². The normalized spacial score (nSPS) is 12.3. The lowest BCUT2D eigenvalue weighted by Gasteiger charge is -2.17. The SMILES string of the molecule is CCC(NCc1csnn1)c1ccc(OC)cc1. The number of hydrogen-bond acceptors (Lipinski definition) is 5. The molecule has 0 saturated carbocycles. The number of aromatic nitrogens is 2. The van der Waals surface area contributed by atoms with Gasteiger partial charge in [0, 0.05) is 18.0 Å². The standard InChI is InChI=1S/C13H17N3OS/c1-3-13(14-8-11-9-18-16-15-11)10-4-6-12(17-2)7-5-10/h4-7,9,13-14H,3,8H2,1-2H3. The fraction of sp³-hybridized carbons (Fsp3) is 0.385. The number of nitrogens with zero attached hydrogens (tertiary/aromatic N) is 2. The number of nitrogens with one attached hydrogen (secondary N) is 1. The van der Waals surface area contributed by atoms with E-state index in [2.05, 4.69) is 34.0 Å². The van der Waals surface area contributed by atoms with Crippen LogP contribution in [0.3, 0.4) is 0 Å². The Hall–Kier alpha value is -1.46. The Morgan fingerprint density at radius 2 is 2.11 bits per heavy atom. The van der Waals surface area contributed by atoms with E-state index in [4.69, 9.17) is 4.74 Å². The van der Waals surface area contributed by atoms with Crippen molar-refractivity contribution in [2.75, 3.05) is 7.11 Å². The summed E-state index contributed by atoms with van der Waals surface area (Å²) in [5, 5.41) is 9.48. The maximum atomic E-state index is 5.16. The molecule has 0 aliphatic carbocycles. The van der Waals surface area contributed by atoms with Crippen LogP contribution in [0.2, 0.25) is 0 Å². The van der Waals surface area contributed by atoms with Gasteiger partial charge in [-0.05, 0) is 35.6 Å². The van der Waals surface area contributed by atoms with Crippen LogP contribution in [0.5, 0.6) is 5.75 Å². The second-order valence-corrected chi connectivity index (χ2v) is 4.62. The Labute approximate surface area is 111 Å². The molecule has 0 radical (unpaired) electrons. The molecule has 1 N–H and O–H groups in total. The molecular formula is C13H17N3OS. The molecule has 1 unspecified atom stereocenters. The number of hydrogen-bond donors (Lipinski definition) is 1. The van der Waals surface area contributed by atoms with Crippen LogP contribution in [0.25, 0.3) is 0 Å². The zero-order valence-electron chi connectivity index (χ0n) is 10.6. The van der Waals surface area contributed by atoms with E-state index in [0.717, 1.165) is 24.4 Å². The molecule has 1 aromatic heterocycles. The van der Waals surface area contributed by atoms with Gasteiger partial charge in [-0.25, -0.2) is 0 Å². The Balaban J connectivity index is 1.98. The van der Waals surface area contributed by atoms with Crippen molar-refractivity contribution in [2.24, 2.45) is 0 Å². The van der Waals surface area contributed by atoms with Crippen molar-refractivity contribution in [3.05, 3.63) is 40.9 Å². The fourth-order valence-corrected chi connectivity index (χ4v) is 2.27. The van der Waals surface area contributed by atoms with Crippen LogP contribution >= 0.6 is 11.5 Å². The van der Waals surface area contributed by atoms with Crippen molar-refractivity contribution >= 4 is 11.5 Å². The number of methoxy groups -OCH3 is 1. The average molecular weight is 263 g/mol. The predicted octanol–water partition coefficient (Wildman–Crippen LogP) is 2.79. The highest BCUT2D eigenvalue weighted by Gasteiger charge is 2.09. The quantitative estimate of drug-likeness (QED) is 0.870. The Bertz CT molecular complexity index is 456. The van der Waals surface area contributed by atoms with Gasteiger partial charge in [0.2, 0.25) is 0 Å². The minimum Gasteiger partial charge on any atom is -0.497 e. The fourth-order valence-electron chi connectivity index (χ4n) is 1.82. The van der Waals surface area contributed by atoms with Gasteiger partial charge in [0.15, 0.2) is 0 Å². The molecule has 1 aromatic carbocycles. The first-order chi connectivity index (χ1) is 8.83. The third-order valence-electron chi connectivity index (χ3n) is 2.86. The molecule has 18 heavy (non-hydrogen) atoms. The lowest BCUT2D eigenvalue weighted by Crippen LogP contribution is -2.20. The lowest BCUT2D eigenvalue weighted by molar-refractivity contribution is 0.414. The highest BCUT2D eigenvalue weighted by Crippen LogP contribution is 2.20. The molecule has 0 aliphatic heterocycles. The molecule has 2 aromatic rings. The molecule has 2 rings (SSSR count).